The Bertz CT molecular complexity index is 979. The first-order valence-electron chi connectivity index (χ1n) is 8.76. The van der Waals surface area contributed by atoms with E-state index in [-0.39, 0.29) is 17.7 Å². The van der Waals surface area contributed by atoms with Crippen molar-refractivity contribution in [1.29, 1.82) is 0 Å². The number of nitrogens with one attached hydrogen (secondary N) is 2. The number of aryl methyl sites for hydroxylation is 2. The van der Waals surface area contributed by atoms with Gasteiger partial charge in [0.1, 0.15) is 0 Å². The van der Waals surface area contributed by atoms with E-state index in [1.165, 1.54) is 0 Å². The molecule has 26 heavy (non-hydrogen) atoms. The van der Waals surface area contributed by atoms with Gasteiger partial charge in [0.2, 0.25) is 5.91 Å². The predicted molar refractivity (Wildman–Crippen MR) is 102 cm³/mol. The minimum absolute atomic E-state index is 0.0297. The largest absolute Gasteiger partial charge is 0.360 e. The molecule has 0 aliphatic carbocycles. The second-order valence-electron chi connectivity index (χ2n) is 7.02. The van der Waals surface area contributed by atoms with Crippen molar-refractivity contribution in [3.63, 3.8) is 0 Å². The molecular weight excluding hydrogens is 326 g/mol. The van der Waals surface area contributed by atoms with Crippen LogP contribution in [0.2, 0.25) is 0 Å². The zero-order valence-corrected chi connectivity index (χ0v) is 14.9. The lowest BCUT2D eigenvalue weighted by Crippen LogP contribution is -2.54. The van der Waals surface area contributed by atoms with E-state index in [0.717, 1.165) is 27.7 Å². The van der Waals surface area contributed by atoms with Gasteiger partial charge in [0, 0.05) is 35.9 Å². The highest BCUT2D eigenvalue weighted by Gasteiger charge is 2.36. The third-order valence-electron chi connectivity index (χ3n) is 4.85. The molecule has 2 amide bonds. The monoisotopic (exact) mass is 347 g/mol. The summed E-state index contributed by atoms with van der Waals surface area (Å²) in [5.41, 5.74) is 4.65. The number of hydrogen-bond donors (Lipinski definition) is 2. The molecule has 5 nitrogen and oxygen atoms in total. The number of benzene rings is 2. The number of nitrogens with zero attached hydrogens (tertiary/aromatic N) is 1. The van der Waals surface area contributed by atoms with Gasteiger partial charge in [-0.25, -0.2) is 0 Å². The Morgan fingerprint density at radius 3 is 2.50 bits per heavy atom. The van der Waals surface area contributed by atoms with Crippen molar-refractivity contribution in [1.82, 2.24) is 9.88 Å². The Morgan fingerprint density at radius 2 is 1.77 bits per heavy atom. The van der Waals surface area contributed by atoms with E-state index in [0.29, 0.717) is 18.7 Å². The zero-order chi connectivity index (χ0) is 18.3. The van der Waals surface area contributed by atoms with E-state index in [4.69, 9.17) is 0 Å². The summed E-state index contributed by atoms with van der Waals surface area (Å²) in [6.07, 6.45) is 1.75. The van der Waals surface area contributed by atoms with Crippen molar-refractivity contribution in [2.24, 2.45) is 5.92 Å². The van der Waals surface area contributed by atoms with E-state index in [2.05, 4.69) is 16.4 Å². The molecule has 0 radical (unpaired) electrons. The summed E-state index contributed by atoms with van der Waals surface area (Å²) >= 11 is 0. The third kappa shape index (κ3) is 2.96. The highest BCUT2D eigenvalue weighted by molar-refractivity contribution is 6.07. The van der Waals surface area contributed by atoms with E-state index in [1.807, 2.05) is 50.2 Å². The van der Waals surface area contributed by atoms with Gasteiger partial charge in [0.15, 0.2) is 0 Å². The molecule has 5 heteroatoms. The summed E-state index contributed by atoms with van der Waals surface area (Å²) in [7, 11) is 0. The Hall–Kier alpha value is -3.08. The molecule has 1 aliphatic heterocycles. The van der Waals surface area contributed by atoms with Gasteiger partial charge in [-0.05, 0) is 43.2 Å². The lowest BCUT2D eigenvalue weighted by atomic mass is 9.97. The average Bonchev–Trinajstić information content (AvgIpc) is 2.96. The number of likely N-dealkylation sites (tertiary alicyclic amines) is 1. The number of para-hydroxylation sites is 1. The normalized spacial score (nSPS) is 14.3. The van der Waals surface area contributed by atoms with Gasteiger partial charge >= 0.3 is 0 Å². The van der Waals surface area contributed by atoms with Crippen LogP contribution in [-0.2, 0) is 4.79 Å². The smallest absolute Gasteiger partial charge is 0.256 e. The maximum absolute atomic E-state index is 12.7. The summed E-state index contributed by atoms with van der Waals surface area (Å²) in [4.78, 5) is 30.0. The molecule has 0 unspecified atom stereocenters. The number of aromatic nitrogens is 1. The van der Waals surface area contributed by atoms with Gasteiger partial charge in [0.25, 0.3) is 5.91 Å². The molecule has 4 rings (SSSR count). The van der Waals surface area contributed by atoms with Crippen LogP contribution in [0.1, 0.15) is 21.5 Å². The fourth-order valence-corrected chi connectivity index (χ4v) is 3.52. The van der Waals surface area contributed by atoms with Crippen molar-refractivity contribution in [2.75, 3.05) is 18.4 Å². The fraction of sp³-hybridized carbons (Fsp3) is 0.238. The maximum Gasteiger partial charge on any atom is 0.256 e. The van der Waals surface area contributed by atoms with Crippen LogP contribution in [0.5, 0.6) is 0 Å². The Kier molecular flexibility index (Phi) is 3.99. The standard InChI is InChI=1S/C21H21N3O2/c1-13-7-14(2)9-16(8-13)23-20(25)15-11-24(12-15)21(26)18-10-22-19-6-4-3-5-17(18)19/h3-10,15,22H,11-12H2,1-2H3,(H,23,25). The highest BCUT2D eigenvalue weighted by atomic mass is 16.2. The quantitative estimate of drug-likeness (QED) is 0.762. The fourth-order valence-electron chi connectivity index (χ4n) is 3.52. The Balaban J connectivity index is 1.40. The molecule has 2 aromatic carbocycles. The van der Waals surface area contributed by atoms with E-state index in [9.17, 15) is 9.59 Å². The molecule has 1 aromatic heterocycles. The minimum Gasteiger partial charge on any atom is -0.360 e. The Morgan fingerprint density at radius 1 is 1.08 bits per heavy atom. The predicted octanol–water partition coefficient (Wildman–Crippen LogP) is 3.50. The molecule has 0 atom stereocenters. The molecule has 0 bridgehead atoms. The first-order chi connectivity index (χ1) is 12.5. The number of anilines is 1. The van der Waals surface area contributed by atoms with Gasteiger partial charge in [-0.3, -0.25) is 9.59 Å². The second-order valence-corrected chi connectivity index (χ2v) is 7.02. The van der Waals surface area contributed by atoms with Crippen LogP contribution < -0.4 is 5.32 Å². The molecule has 1 saturated heterocycles. The van der Waals surface area contributed by atoms with E-state index >= 15 is 0 Å². The summed E-state index contributed by atoms with van der Waals surface area (Å²) in [5.74, 6) is -0.221. The SMILES string of the molecule is Cc1cc(C)cc(NC(=O)C2CN(C(=O)c3c[nH]c4ccccc34)C2)c1. The maximum atomic E-state index is 12.7. The van der Waals surface area contributed by atoms with Crippen LogP contribution in [0, 0.1) is 19.8 Å². The summed E-state index contributed by atoms with van der Waals surface area (Å²) in [6.45, 7) is 4.92. The molecule has 1 fully saturated rings. The number of rotatable bonds is 3. The number of amides is 2. The minimum atomic E-state index is -0.162. The van der Waals surface area contributed by atoms with Gasteiger partial charge in [-0.15, -0.1) is 0 Å². The highest BCUT2D eigenvalue weighted by Crippen LogP contribution is 2.25. The molecule has 2 N–H and O–H groups in total. The number of hydrogen-bond acceptors (Lipinski definition) is 2. The van der Waals surface area contributed by atoms with Crippen molar-refractivity contribution in [3.05, 3.63) is 65.4 Å². The summed E-state index contributed by atoms with van der Waals surface area (Å²) in [5, 5.41) is 3.88. The average molecular weight is 347 g/mol. The first-order valence-corrected chi connectivity index (χ1v) is 8.76. The molecule has 0 saturated carbocycles. The van der Waals surface area contributed by atoms with Crippen LogP contribution in [0.4, 0.5) is 5.69 Å². The van der Waals surface area contributed by atoms with E-state index < -0.39 is 0 Å². The number of H-pyrrole nitrogens is 1. The first kappa shape index (κ1) is 16.4. The summed E-state index contributed by atoms with van der Waals surface area (Å²) in [6, 6.07) is 13.7. The van der Waals surface area contributed by atoms with Gasteiger partial charge in [0.05, 0.1) is 11.5 Å². The zero-order valence-electron chi connectivity index (χ0n) is 14.9. The van der Waals surface area contributed by atoms with Crippen molar-refractivity contribution < 1.29 is 9.59 Å². The number of carbonyl (C=O) groups is 2. The van der Waals surface area contributed by atoms with Gasteiger partial charge in [-0.1, -0.05) is 24.3 Å². The molecule has 132 valence electrons. The number of aromatic amines is 1. The lowest BCUT2D eigenvalue weighted by molar-refractivity contribution is -0.123. The van der Waals surface area contributed by atoms with Crippen LogP contribution in [0.3, 0.4) is 0 Å². The van der Waals surface area contributed by atoms with Crippen LogP contribution in [-0.4, -0.2) is 34.8 Å². The molecule has 0 spiro atoms. The third-order valence-corrected chi connectivity index (χ3v) is 4.85. The van der Waals surface area contributed by atoms with Gasteiger partial charge < -0.3 is 15.2 Å². The molecule has 1 aliphatic rings. The summed E-state index contributed by atoms with van der Waals surface area (Å²) < 4.78 is 0. The van der Waals surface area contributed by atoms with Crippen LogP contribution in [0.15, 0.2) is 48.7 Å². The number of carbonyl (C=O) groups excluding carboxylic acids is 2. The van der Waals surface area contributed by atoms with E-state index in [1.54, 1.807) is 11.1 Å². The Labute approximate surface area is 152 Å². The van der Waals surface area contributed by atoms with Crippen LogP contribution in [0.25, 0.3) is 10.9 Å². The molecule has 3 aromatic rings. The molecular formula is C21H21N3O2. The molecule has 2 heterocycles. The topological polar surface area (TPSA) is 65.2 Å². The lowest BCUT2D eigenvalue weighted by Gasteiger charge is -2.38. The van der Waals surface area contributed by atoms with Crippen molar-refractivity contribution >= 4 is 28.4 Å². The van der Waals surface area contributed by atoms with Crippen LogP contribution >= 0.6 is 0 Å². The van der Waals surface area contributed by atoms with Crippen molar-refractivity contribution in [3.8, 4) is 0 Å². The van der Waals surface area contributed by atoms with Crippen molar-refractivity contribution in [2.45, 2.75) is 13.8 Å². The van der Waals surface area contributed by atoms with Gasteiger partial charge in [-0.2, -0.15) is 0 Å². The second kappa shape index (κ2) is 6.33. The number of fused-ring (bicyclic) bond motifs is 1.